The van der Waals surface area contributed by atoms with E-state index in [1.165, 1.54) is 17.7 Å². The van der Waals surface area contributed by atoms with E-state index in [9.17, 15) is 0 Å². The summed E-state index contributed by atoms with van der Waals surface area (Å²) < 4.78 is 3.15. The quantitative estimate of drug-likeness (QED) is 0.649. The van der Waals surface area contributed by atoms with Gasteiger partial charge in [0.2, 0.25) is 0 Å². The second-order valence-electron chi connectivity index (χ2n) is 2.50. The van der Waals surface area contributed by atoms with Crippen LogP contribution in [0, 0.1) is 0 Å². The van der Waals surface area contributed by atoms with Crippen LogP contribution in [-0.2, 0) is 6.42 Å². The molecule has 0 aromatic heterocycles. The van der Waals surface area contributed by atoms with Crippen molar-refractivity contribution in [3.8, 4) is 0 Å². The molecule has 0 aliphatic carbocycles. The minimum atomic E-state index is 1.16. The van der Waals surface area contributed by atoms with Crippen LogP contribution in [0.15, 0.2) is 24.3 Å². The minimum absolute atomic E-state index is 1.16. The van der Waals surface area contributed by atoms with Gasteiger partial charge in [0.15, 0.2) is 0 Å². The molecule has 0 aliphatic rings. The second kappa shape index (κ2) is 4.59. The lowest BCUT2D eigenvalue weighted by Crippen LogP contribution is -1.88. The molecule has 1 rings (SSSR count). The SMILES string of the molecule is CCCc1ccccc1NI. The van der Waals surface area contributed by atoms with E-state index in [4.69, 9.17) is 0 Å². The number of rotatable bonds is 3. The third-order valence-electron chi connectivity index (χ3n) is 1.64. The van der Waals surface area contributed by atoms with Crippen LogP contribution in [0.4, 0.5) is 5.69 Å². The maximum Gasteiger partial charge on any atom is 0.0560 e. The Hall–Kier alpha value is -0.250. The molecule has 0 saturated heterocycles. The summed E-state index contributed by atoms with van der Waals surface area (Å²) in [6.45, 7) is 2.20. The Morgan fingerprint density at radius 3 is 2.73 bits per heavy atom. The molecular formula is C9H12IN. The molecule has 2 heteroatoms. The van der Waals surface area contributed by atoms with Crippen LogP contribution in [0.2, 0.25) is 0 Å². The van der Waals surface area contributed by atoms with Crippen LogP contribution in [0.1, 0.15) is 18.9 Å². The van der Waals surface area contributed by atoms with E-state index >= 15 is 0 Å². The molecule has 1 N–H and O–H groups in total. The molecule has 0 amide bonds. The summed E-state index contributed by atoms with van der Waals surface area (Å²) >= 11 is 2.17. The Labute approximate surface area is 81.7 Å². The van der Waals surface area contributed by atoms with Gasteiger partial charge >= 0.3 is 0 Å². The van der Waals surface area contributed by atoms with E-state index < -0.39 is 0 Å². The highest BCUT2D eigenvalue weighted by Gasteiger charge is 1.96. The van der Waals surface area contributed by atoms with E-state index in [2.05, 4.69) is 57.6 Å². The lowest BCUT2D eigenvalue weighted by atomic mass is 10.1. The molecule has 0 bridgehead atoms. The molecule has 1 aromatic rings. The zero-order valence-electron chi connectivity index (χ0n) is 6.60. The van der Waals surface area contributed by atoms with Crippen molar-refractivity contribution in [2.45, 2.75) is 19.8 Å². The Balaban J connectivity index is 2.83. The number of anilines is 1. The molecule has 0 atom stereocenters. The van der Waals surface area contributed by atoms with E-state index in [1.54, 1.807) is 0 Å². The van der Waals surface area contributed by atoms with Crippen molar-refractivity contribution in [3.05, 3.63) is 29.8 Å². The van der Waals surface area contributed by atoms with Crippen LogP contribution in [0.5, 0.6) is 0 Å². The third-order valence-corrected chi connectivity index (χ3v) is 2.22. The molecule has 0 spiro atoms. The normalized spacial score (nSPS) is 9.64. The van der Waals surface area contributed by atoms with Gasteiger partial charge in [-0.25, -0.2) is 0 Å². The highest BCUT2D eigenvalue weighted by atomic mass is 127. The van der Waals surface area contributed by atoms with Gasteiger partial charge in [-0.15, -0.1) is 0 Å². The molecule has 0 radical (unpaired) electrons. The summed E-state index contributed by atoms with van der Waals surface area (Å²) in [7, 11) is 0. The van der Waals surface area contributed by atoms with Crippen molar-refractivity contribution in [1.29, 1.82) is 0 Å². The number of hydrogen-bond donors (Lipinski definition) is 1. The maximum absolute atomic E-state index is 3.15. The average Bonchev–Trinajstić information content (AvgIpc) is 2.06. The minimum Gasteiger partial charge on any atom is -0.328 e. The van der Waals surface area contributed by atoms with E-state index in [0.29, 0.717) is 0 Å². The first kappa shape index (κ1) is 8.84. The average molecular weight is 261 g/mol. The van der Waals surface area contributed by atoms with Crippen molar-refractivity contribution in [2.75, 3.05) is 3.53 Å². The Morgan fingerprint density at radius 2 is 2.09 bits per heavy atom. The monoisotopic (exact) mass is 261 g/mol. The number of nitrogens with one attached hydrogen (secondary N) is 1. The molecule has 0 heterocycles. The molecule has 0 aliphatic heterocycles. The summed E-state index contributed by atoms with van der Waals surface area (Å²) in [4.78, 5) is 0. The first-order valence-electron chi connectivity index (χ1n) is 3.83. The number of halogens is 1. The largest absolute Gasteiger partial charge is 0.328 e. The van der Waals surface area contributed by atoms with Gasteiger partial charge in [0.1, 0.15) is 0 Å². The molecule has 1 nitrogen and oxygen atoms in total. The topological polar surface area (TPSA) is 12.0 Å². The molecule has 0 unspecified atom stereocenters. The van der Waals surface area contributed by atoms with Gasteiger partial charge in [0.05, 0.1) is 22.9 Å². The molecule has 1 aromatic carbocycles. The summed E-state index contributed by atoms with van der Waals surface area (Å²) in [5, 5.41) is 0. The fourth-order valence-corrected chi connectivity index (χ4v) is 1.63. The Bertz CT molecular complexity index is 223. The van der Waals surface area contributed by atoms with Gasteiger partial charge in [-0.2, -0.15) is 0 Å². The first-order chi connectivity index (χ1) is 5.38. The molecule has 0 fully saturated rings. The van der Waals surface area contributed by atoms with Crippen LogP contribution in [-0.4, -0.2) is 0 Å². The fraction of sp³-hybridized carbons (Fsp3) is 0.333. The standard InChI is InChI=1S/C9H12IN/c1-2-5-8-6-3-4-7-9(8)11-10/h3-4,6-7,11H,2,5H2,1H3. The Morgan fingerprint density at radius 1 is 1.36 bits per heavy atom. The summed E-state index contributed by atoms with van der Waals surface area (Å²) in [6.07, 6.45) is 2.36. The van der Waals surface area contributed by atoms with Crippen molar-refractivity contribution in [3.63, 3.8) is 0 Å². The zero-order valence-corrected chi connectivity index (χ0v) is 8.76. The zero-order chi connectivity index (χ0) is 8.10. The van der Waals surface area contributed by atoms with Crippen LogP contribution < -0.4 is 3.53 Å². The van der Waals surface area contributed by atoms with Crippen molar-refractivity contribution in [1.82, 2.24) is 0 Å². The summed E-state index contributed by atoms with van der Waals surface area (Å²) in [5.41, 5.74) is 2.65. The fourth-order valence-electron chi connectivity index (χ4n) is 1.10. The summed E-state index contributed by atoms with van der Waals surface area (Å²) in [5.74, 6) is 0. The van der Waals surface area contributed by atoms with E-state index in [-0.39, 0.29) is 0 Å². The van der Waals surface area contributed by atoms with Gasteiger partial charge in [0, 0.05) is 5.69 Å². The van der Waals surface area contributed by atoms with Gasteiger partial charge in [0.25, 0.3) is 0 Å². The van der Waals surface area contributed by atoms with Crippen molar-refractivity contribution in [2.24, 2.45) is 0 Å². The highest BCUT2D eigenvalue weighted by Crippen LogP contribution is 2.17. The van der Waals surface area contributed by atoms with Gasteiger partial charge in [-0.3, -0.25) is 0 Å². The van der Waals surface area contributed by atoms with Gasteiger partial charge < -0.3 is 3.53 Å². The lowest BCUT2D eigenvalue weighted by Gasteiger charge is -2.04. The predicted molar refractivity (Wildman–Crippen MR) is 58.1 cm³/mol. The van der Waals surface area contributed by atoms with E-state index in [0.717, 1.165) is 6.42 Å². The van der Waals surface area contributed by atoms with Crippen molar-refractivity contribution >= 4 is 28.6 Å². The second-order valence-corrected chi connectivity index (χ2v) is 3.04. The predicted octanol–water partition coefficient (Wildman–Crippen LogP) is 3.40. The van der Waals surface area contributed by atoms with E-state index in [1.807, 2.05) is 0 Å². The number of para-hydroxylation sites is 1. The molecule has 0 saturated carbocycles. The smallest absolute Gasteiger partial charge is 0.0560 e. The number of benzene rings is 1. The van der Waals surface area contributed by atoms with Gasteiger partial charge in [-0.1, -0.05) is 31.5 Å². The molecule has 11 heavy (non-hydrogen) atoms. The Kier molecular flexibility index (Phi) is 3.69. The highest BCUT2D eigenvalue weighted by molar-refractivity contribution is 14.1. The lowest BCUT2D eigenvalue weighted by molar-refractivity contribution is 0.925. The maximum atomic E-state index is 3.15. The van der Waals surface area contributed by atoms with Crippen LogP contribution >= 0.6 is 22.9 Å². The van der Waals surface area contributed by atoms with Crippen LogP contribution in [0.25, 0.3) is 0 Å². The molecular weight excluding hydrogens is 249 g/mol. The van der Waals surface area contributed by atoms with Gasteiger partial charge in [-0.05, 0) is 18.1 Å². The number of aryl methyl sites for hydroxylation is 1. The first-order valence-corrected chi connectivity index (χ1v) is 4.91. The number of hydrogen-bond acceptors (Lipinski definition) is 1. The van der Waals surface area contributed by atoms with Crippen molar-refractivity contribution < 1.29 is 0 Å². The summed E-state index contributed by atoms with van der Waals surface area (Å²) in [6, 6.07) is 8.42. The molecule has 60 valence electrons. The van der Waals surface area contributed by atoms with Crippen LogP contribution in [0.3, 0.4) is 0 Å². The third kappa shape index (κ3) is 2.36.